The molecule has 0 aliphatic carbocycles. The topological polar surface area (TPSA) is 16.4 Å². The van der Waals surface area contributed by atoms with Gasteiger partial charge in [-0.3, -0.25) is 0 Å². The van der Waals surface area contributed by atoms with E-state index in [1.807, 2.05) is 11.3 Å². The van der Waals surface area contributed by atoms with Crippen molar-refractivity contribution in [3.05, 3.63) is 200 Å². The summed E-state index contributed by atoms with van der Waals surface area (Å²) in [6.07, 6.45) is 0. The van der Waals surface area contributed by atoms with E-state index in [1.165, 1.54) is 53.2 Å². The van der Waals surface area contributed by atoms with E-state index in [0.29, 0.717) is 0 Å². The van der Waals surface area contributed by atoms with Crippen molar-refractivity contribution in [2.24, 2.45) is 0 Å². The first-order chi connectivity index (χ1) is 27.3. The number of anilines is 3. The van der Waals surface area contributed by atoms with Crippen LogP contribution in [0, 0.1) is 0 Å². The van der Waals surface area contributed by atoms with Gasteiger partial charge in [-0.2, -0.15) is 0 Å². The number of furan rings is 1. The van der Waals surface area contributed by atoms with Gasteiger partial charge >= 0.3 is 0 Å². The van der Waals surface area contributed by atoms with Crippen LogP contribution in [0.3, 0.4) is 0 Å². The Kier molecular flexibility index (Phi) is 7.39. The first-order valence-electron chi connectivity index (χ1n) is 18.7. The molecule has 0 unspecified atom stereocenters. The van der Waals surface area contributed by atoms with Gasteiger partial charge in [0, 0.05) is 36.8 Å². The molecule has 2 nitrogen and oxygen atoms in total. The van der Waals surface area contributed by atoms with Gasteiger partial charge in [0.2, 0.25) is 0 Å². The molecular weight excluding hydrogens is 687 g/mol. The van der Waals surface area contributed by atoms with Crippen LogP contribution < -0.4 is 4.90 Å². The Balaban J connectivity index is 1.16. The van der Waals surface area contributed by atoms with E-state index in [0.717, 1.165) is 50.1 Å². The monoisotopic (exact) mass is 719 g/mol. The number of thiophene rings is 1. The predicted octanol–water partition coefficient (Wildman–Crippen LogP) is 15.6. The van der Waals surface area contributed by atoms with Crippen LogP contribution >= 0.6 is 11.3 Å². The van der Waals surface area contributed by atoms with Crippen LogP contribution in [-0.4, -0.2) is 0 Å². The second-order valence-corrected chi connectivity index (χ2v) is 15.2. The highest BCUT2D eigenvalue weighted by molar-refractivity contribution is 7.26. The summed E-state index contributed by atoms with van der Waals surface area (Å²) in [5.74, 6) is 0. The number of benzene rings is 9. The average Bonchev–Trinajstić information content (AvgIpc) is 3.84. The van der Waals surface area contributed by atoms with E-state index in [2.05, 4.69) is 205 Å². The van der Waals surface area contributed by atoms with Crippen LogP contribution in [-0.2, 0) is 0 Å². The predicted molar refractivity (Wildman–Crippen MR) is 235 cm³/mol. The summed E-state index contributed by atoms with van der Waals surface area (Å²) in [7, 11) is 0. The maximum Gasteiger partial charge on any atom is 0.145 e. The van der Waals surface area contributed by atoms with Crippen LogP contribution in [0.15, 0.2) is 205 Å². The van der Waals surface area contributed by atoms with E-state index in [4.69, 9.17) is 4.42 Å². The van der Waals surface area contributed by atoms with Gasteiger partial charge in [-0.25, -0.2) is 0 Å². The Hall–Kier alpha value is -6.94. The van der Waals surface area contributed by atoms with Gasteiger partial charge in [0.1, 0.15) is 11.2 Å². The van der Waals surface area contributed by atoms with Crippen LogP contribution in [0.2, 0.25) is 0 Å². The zero-order valence-corrected chi connectivity index (χ0v) is 30.6. The third-order valence-electron chi connectivity index (χ3n) is 10.9. The number of para-hydroxylation sites is 1. The summed E-state index contributed by atoms with van der Waals surface area (Å²) in [5.41, 5.74) is 12.1. The van der Waals surface area contributed by atoms with Crippen LogP contribution in [0.25, 0.3) is 86.3 Å². The molecule has 55 heavy (non-hydrogen) atoms. The highest BCUT2D eigenvalue weighted by Crippen LogP contribution is 2.50. The second kappa shape index (κ2) is 12.9. The van der Waals surface area contributed by atoms with E-state index in [9.17, 15) is 0 Å². The summed E-state index contributed by atoms with van der Waals surface area (Å²) in [6.45, 7) is 0. The number of fused-ring (bicyclic) bond motifs is 7. The Morgan fingerprint density at radius 1 is 0.382 bits per heavy atom. The fraction of sp³-hybridized carbons (Fsp3) is 0. The Labute approximate surface area is 322 Å². The lowest BCUT2D eigenvalue weighted by Gasteiger charge is -2.28. The van der Waals surface area contributed by atoms with E-state index in [-0.39, 0.29) is 0 Å². The minimum Gasteiger partial charge on any atom is -0.455 e. The summed E-state index contributed by atoms with van der Waals surface area (Å²) in [6, 6.07) is 72.1. The van der Waals surface area contributed by atoms with Crippen LogP contribution in [0.4, 0.5) is 17.1 Å². The highest BCUT2D eigenvalue weighted by Gasteiger charge is 2.24. The number of rotatable bonds is 6. The minimum atomic E-state index is 0.876. The molecule has 0 radical (unpaired) electrons. The number of hydrogen-bond acceptors (Lipinski definition) is 3. The van der Waals surface area contributed by atoms with Crippen molar-refractivity contribution in [1.82, 2.24) is 0 Å². The Bertz CT molecular complexity index is 3190. The molecule has 0 saturated carbocycles. The van der Waals surface area contributed by atoms with Gasteiger partial charge in [-0.15, -0.1) is 11.3 Å². The Morgan fingerprint density at radius 2 is 1.04 bits per heavy atom. The summed E-state index contributed by atoms with van der Waals surface area (Å²) in [4.78, 5) is 2.45. The molecular formula is C52H33NOS. The molecule has 0 spiro atoms. The van der Waals surface area contributed by atoms with E-state index < -0.39 is 0 Å². The first kappa shape index (κ1) is 31.6. The molecule has 2 aromatic heterocycles. The summed E-state index contributed by atoms with van der Waals surface area (Å²) >= 11 is 1.86. The Morgan fingerprint density at radius 3 is 1.87 bits per heavy atom. The zero-order chi connectivity index (χ0) is 36.3. The van der Waals surface area contributed by atoms with Gasteiger partial charge in [-0.1, -0.05) is 146 Å². The third-order valence-corrected chi connectivity index (χ3v) is 12.0. The largest absolute Gasteiger partial charge is 0.455 e. The molecule has 0 aliphatic rings. The van der Waals surface area contributed by atoms with Gasteiger partial charge < -0.3 is 9.32 Å². The van der Waals surface area contributed by atoms with Crippen LogP contribution in [0.1, 0.15) is 0 Å². The van der Waals surface area contributed by atoms with Crippen molar-refractivity contribution in [2.45, 2.75) is 0 Å². The second-order valence-electron chi connectivity index (χ2n) is 14.1. The lowest BCUT2D eigenvalue weighted by molar-refractivity contribution is 0.670. The first-order valence-corrected chi connectivity index (χ1v) is 19.5. The van der Waals surface area contributed by atoms with Gasteiger partial charge in [0.15, 0.2) is 0 Å². The van der Waals surface area contributed by atoms with Crippen molar-refractivity contribution in [2.75, 3.05) is 4.90 Å². The number of nitrogens with zero attached hydrogens (tertiary/aromatic N) is 1. The van der Waals surface area contributed by atoms with E-state index in [1.54, 1.807) is 0 Å². The zero-order valence-electron chi connectivity index (χ0n) is 29.8. The van der Waals surface area contributed by atoms with Crippen molar-refractivity contribution in [1.29, 1.82) is 0 Å². The molecule has 11 aromatic rings. The number of hydrogen-bond donors (Lipinski definition) is 0. The van der Waals surface area contributed by atoms with E-state index >= 15 is 0 Å². The van der Waals surface area contributed by atoms with Gasteiger partial charge in [-0.05, 0) is 93.2 Å². The van der Waals surface area contributed by atoms with Crippen molar-refractivity contribution >= 4 is 81.3 Å². The molecule has 9 aromatic carbocycles. The maximum atomic E-state index is 6.79. The standard InChI is InChI=1S/C52H33NOS/c1-3-12-34(13-4-1)40-26-29-44-49(33-40)55-48-21-11-19-45(50(44)48)53(41-27-24-36(25-28-41)39-23-22-35-14-7-8-17-38(35)32-39)46-31-30-42(37-15-5-2-6-16-37)52-51(46)43-18-9-10-20-47(43)54-52/h1-33H. The fourth-order valence-electron chi connectivity index (χ4n) is 8.23. The molecule has 0 amide bonds. The lowest BCUT2D eigenvalue weighted by atomic mass is 9.98. The van der Waals surface area contributed by atoms with Crippen LogP contribution in [0.5, 0.6) is 0 Å². The quantitative estimate of drug-likeness (QED) is 0.170. The van der Waals surface area contributed by atoms with Gasteiger partial charge in [0.05, 0.1) is 16.8 Å². The molecule has 0 fully saturated rings. The minimum absolute atomic E-state index is 0.876. The molecule has 0 N–H and O–H groups in total. The molecule has 0 atom stereocenters. The molecule has 0 aliphatic heterocycles. The highest BCUT2D eigenvalue weighted by atomic mass is 32.1. The molecule has 0 bridgehead atoms. The third kappa shape index (κ3) is 5.32. The maximum absolute atomic E-state index is 6.79. The SMILES string of the molecule is c1ccc(-c2ccc3c(c2)sc2cccc(N(c4ccc(-c5ccc6ccccc6c5)cc4)c4ccc(-c5ccccc5)c5oc6ccccc6c45)c23)cc1. The summed E-state index contributed by atoms with van der Waals surface area (Å²) in [5, 5.41) is 7.17. The molecule has 258 valence electrons. The summed E-state index contributed by atoms with van der Waals surface area (Å²) < 4.78 is 9.31. The fourth-order valence-corrected chi connectivity index (χ4v) is 9.39. The average molecular weight is 720 g/mol. The molecule has 0 saturated heterocycles. The lowest BCUT2D eigenvalue weighted by Crippen LogP contribution is -2.11. The normalized spacial score (nSPS) is 11.6. The van der Waals surface area contributed by atoms with Gasteiger partial charge in [0.25, 0.3) is 0 Å². The molecule has 11 rings (SSSR count). The van der Waals surface area contributed by atoms with Crippen molar-refractivity contribution < 1.29 is 4.42 Å². The molecule has 2 heterocycles. The van der Waals surface area contributed by atoms with Crippen molar-refractivity contribution in [3.63, 3.8) is 0 Å². The van der Waals surface area contributed by atoms with Crippen molar-refractivity contribution in [3.8, 4) is 33.4 Å². The smallest absolute Gasteiger partial charge is 0.145 e. The molecule has 3 heteroatoms.